The molecule has 37 heavy (non-hydrogen) atoms. The van der Waals surface area contributed by atoms with E-state index in [9.17, 15) is 14.4 Å². The van der Waals surface area contributed by atoms with E-state index in [1.165, 1.54) is 11.3 Å². The third kappa shape index (κ3) is 4.81. The van der Waals surface area contributed by atoms with Crippen LogP contribution < -0.4 is 10.6 Å². The Bertz CT molecular complexity index is 1250. The number of carbonyl (C=O) groups is 3. The van der Waals surface area contributed by atoms with Crippen molar-refractivity contribution in [2.24, 2.45) is 5.41 Å². The number of esters is 1. The van der Waals surface area contributed by atoms with Crippen LogP contribution in [0.4, 0.5) is 9.80 Å². The van der Waals surface area contributed by atoms with Crippen LogP contribution in [0.15, 0.2) is 6.07 Å². The fraction of sp³-hybridized carbons (Fsp3) is 0.630. The van der Waals surface area contributed by atoms with E-state index in [4.69, 9.17) is 4.74 Å². The van der Waals surface area contributed by atoms with Gasteiger partial charge in [0, 0.05) is 50.2 Å². The molecule has 1 unspecified atom stereocenters. The van der Waals surface area contributed by atoms with Gasteiger partial charge in [-0.05, 0) is 71.6 Å². The third-order valence-electron chi connectivity index (χ3n) is 8.23. The Hall–Kier alpha value is -2.72. The second-order valence-corrected chi connectivity index (χ2v) is 12.5. The number of hydrogen-bond donors (Lipinski definition) is 2. The predicted molar refractivity (Wildman–Crippen MR) is 144 cm³/mol. The zero-order valence-electron chi connectivity index (χ0n) is 22.4. The quantitative estimate of drug-likeness (QED) is 0.583. The van der Waals surface area contributed by atoms with Crippen LogP contribution in [0.5, 0.6) is 0 Å². The summed E-state index contributed by atoms with van der Waals surface area (Å²) in [6.07, 6.45) is 4.37. The van der Waals surface area contributed by atoms with Gasteiger partial charge in [-0.3, -0.25) is 19.8 Å². The number of fused-ring (bicyclic) bond motifs is 1. The number of pyridine rings is 1. The van der Waals surface area contributed by atoms with Gasteiger partial charge in [-0.25, -0.2) is 9.78 Å². The van der Waals surface area contributed by atoms with Gasteiger partial charge in [0.05, 0.1) is 11.0 Å². The van der Waals surface area contributed by atoms with Gasteiger partial charge in [0.2, 0.25) is 0 Å². The van der Waals surface area contributed by atoms with Crippen molar-refractivity contribution in [3.63, 3.8) is 0 Å². The standard InChI is InChI=1S/C27H37N5O4S/c1-16-13-19-20(22(30-25(35)28-5)37-21(19)29-17(16)2)23(33)31-11-7-18(8-12-31)32-10-6-9-27(15-32)14-26(3,4)36-24(27)34/h13,18H,6-12,14-15H2,1-5H3,(H2,28,30,35). The van der Waals surface area contributed by atoms with Crippen molar-refractivity contribution in [1.82, 2.24) is 20.1 Å². The Morgan fingerprint density at radius 3 is 2.57 bits per heavy atom. The van der Waals surface area contributed by atoms with Crippen LogP contribution >= 0.6 is 11.3 Å². The van der Waals surface area contributed by atoms with Crippen molar-refractivity contribution in [2.75, 3.05) is 38.5 Å². The minimum absolute atomic E-state index is 0.0468. The fourth-order valence-corrected chi connectivity index (χ4v) is 7.43. The molecule has 9 nitrogen and oxygen atoms in total. The molecule has 3 aliphatic heterocycles. The molecule has 0 aromatic carbocycles. The molecule has 5 heterocycles. The molecule has 0 aliphatic carbocycles. The highest BCUT2D eigenvalue weighted by Gasteiger charge is 2.54. The van der Waals surface area contributed by atoms with Gasteiger partial charge >= 0.3 is 12.0 Å². The molecule has 2 aromatic heterocycles. The summed E-state index contributed by atoms with van der Waals surface area (Å²) in [4.78, 5) is 48.5. The summed E-state index contributed by atoms with van der Waals surface area (Å²) in [5.74, 6) is -0.119. The summed E-state index contributed by atoms with van der Waals surface area (Å²) in [5, 5.41) is 6.72. The molecule has 0 radical (unpaired) electrons. The molecule has 2 aromatic rings. The van der Waals surface area contributed by atoms with E-state index >= 15 is 0 Å². The summed E-state index contributed by atoms with van der Waals surface area (Å²) in [6.45, 7) is 10.9. The molecule has 3 saturated heterocycles. The number of carbonyl (C=O) groups excluding carboxylic acids is 3. The van der Waals surface area contributed by atoms with Gasteiger partial charge in [-0.2, -0.15) is 0 Å². The van der Waals surface area contributed by atoms with Crippen molar-refractivity contribution < 1.29 is 19.1 Å². The van der Waals surface area contributed by atoms with Crippen molar-refractivity contribution in [2.45, 2.75) is 71.4 Å². The van der Waals surface area contributed by atoms with Crippen LogP contribution in [0.25, 0.3) is 10.2 Å². The molecule has 200 valence electrons. The molecule has 1 atom stereocenters. The second kappa shape index (κ2) is 9.54. The van der Waals surface area contributed by atoms with Gasteiger partial charge in [-0.15, -0.1) is 0 Å². The number of hydrogen-bond acceptors (Lipinski definition) is 7. The van der Waals surface area contributed by atoms with Crippen molar-refractivity contribution in [1.29, 1.82) is 0 Å². The number of anilines is 1. The molecule has 1 spiro atoms. The van der Waals surface area contributed by atoms with E-state index in [1.807, 2.05) is 38.7 Å². The van der Waals surface area contributed by atoms with E-state index < -0.39 is 11.0 Å². The number of ether oxygens (including phenoxy) is 1. The Morgan fingerprint density at radius 1 is 1.19 bits per heavy atom. The van der Waals surface area contributed by atoms with Crippen LogP contribution in [-0.2, 0) is 9.53 Å². The van der Waals surface area contributed by atoms with E-state index in [0.717, 1.165) is 66.7 Å². The van der Waals surface area contributed by atoms with Gasteiger partial charge in [0.1, 0.15) is 15.4 Å². The van der Waals surface area contributed by atoms with Crippen LogP contribution in [-0.4, -0.2) is 77.6 Å². The number of aromatic nitrogens is 1. The second-order valence-electron chi connectivity index (χ2n) is 11.5. The molecule has 0 bridgehead atoms. The number of aryl methyl sites for hydroxylation is 2. The summed E-state index contributed by atoms with van der Waals surface area (Å²) >= 11 is 1.33. The Kier molecular flexibility index (Phi) is 6.68. The molecule has 0 saturated carbocycles. The molecule has 3 aliphatic rings. The highest BCUT2D eigenvalue weighted by molar-refractivity contribution is 7.23. The molecule has 3 amide bonds. The average Bonchev–Trinajstić information content (AvgIpc) is 3.30. The van der Waals surface area contributed by atoms with E-state index in [1.54, 1.807) is 7.05 Å². The van der Waals surface area contributed by atoms with E-state index in [-0.39, 0.29) is 17.9 Å². The smallest absolute Gasteiger partial charge is 0.319 e. The summed E-state index contributed by atoms with van der Waals surface area (Å²) in [6, 6.07) is 1.98. The lowest BCUT2D eigenvalue weighted by Crippen LogP contribution is -2.53. The van der Waals surface area contributed by atoms with Crippen LogP contribution in [0.3, 0.4) is 0 Å². The Balaban J connectivity index is 1.32. The molecular weight excluding hydrogens is 490 g/mol. The zero-order chi connectivity index (χ0) is 26.5. The lowest BCUT2D eigenvalue weighted by atomic mass is 9.74. The molecule has 3 fully saturated rings. The molecule has 2 N–H and O–H groups in total. The number of thiophene rings is 1. The van der Waals surface area contributed by atoms with Crippen LogP contribution in [0.1, 0.15) is 67.6 Å². The number of nitrogens with zero attached hydrogens (tertiary/aromatic N) is 3. The number of likely N-dealkylation sites (tertiary alicyclic amines) is 2. The number of rotatable bonds is 3. The summed E-state index contributed by atoms with van der Waals surface area (Å²) in [7, 11) is 1.55. The Labute approximate surface area is 221 Å². The summed E-state index contributed by atoms with van der Waals surface area (Å²) in [5.41, 5.74) is 1.65. The first kappa shape index (κ1) is 25.9. The number of piperidine rings is 2. The van der Waals surface area contributed by atoms with Crippen LogP contribution in [0, 0.1) is 19.3 Å². The molecular formula is C27H37N5O4S. The summed E-state index contributed by atoms with van der Waals surface area (Å²) < 4.78 is 5.71. The monoisotopic (exact) mass is 527 g/mol. The van der Waals surface area contributed by atoms with E-state index in [0.29, 0.717) is 29.7 Å². The number of cyclic esters (lactones) is 1. The lowest BCUT2D eigenvalue weighted by Gasteiger charge is -2.44. The third-order valence-corrected chi connectivity index (χ3v) is 9.25. The first-order valence-corrected chi connectivity index (χ1v) is 14.0. The number of amides is 3. The number of urea groups is 1. The van der Waals surface area contributed by atoms with Crippen LogP contribution in [0.2, 0.25) is 0 Å². The average molecular weight is 528 g/mol. The SMILES string of the molecule is CNC(=O)Nc1sc2nc(C)c(C)cc2c1C(=O)N1CCC(N2CCCC3(C2)CC(C)(C)OC3=O)CC1. The molecule has 5 rings (SSSR count). The van der Waals surface area contributed by atoms with Gasteiger partial charge < -0.3 is 15.0 Å². The van der Waals surface area contributed by atoms with Gasteiger partial charge in [0.25, 0.3) is 5.91 Å². The van der Waals surface area contributed by atoms with Gasteiger partial charge in [0.15, 0.2) is 0 Å². The zero-order valence-corrected chi connectivity index (χ0v) is 23.2. The highest BCUT2D eigenvalue weighted by Crippen LogP contribution is 2.47. The van der Waals surface area contributed by atoms with Crippen molar-refractivity contribution in [3.8, 4) is 0 Å². The van der Waals surface area contributed by atoms with Crippen molar-refractivity contribution >= 4 is 44.5 Å². The largest absolute Gasteiger partial charge is 0.459 e. The Morgan fingerprint density at radius 2 is 1.92 bits per heavy atom. The maximum absolute atomic E-state index is 13.8. The molecule has 10 heteroatoms. The predicted octanol–water partition coefficient (Wildman–Crippen LogP) is 4.08. The fourth-order valence-electron chi connectivity index (χ4n) is 6.34. The lowest BCUT2D eigenvalue weighted by molar-refractivity contribution is -0.154. The maximum Gasteiger partial charge on any atom is 0.319 e. The normalized spacial score (nSPS) is 24.5. The maximum atomic E-state index is 13.8. The highest BCUT2D eigenvalue weighted by atomic mass is 32.1. The minimum atomic E-state index is -0.397. The first-order chi connectivity index (χ1) is 17.5. The van der Waals surface area contributed by atoms with E-state index in [2.05, 4.69) is 20.5 Å². The first-order valence-electron chi connectivity index (χ1n) is 13.2. The van der Waals surface area contributed by atoms with Crippen molar-refractivity contribution in [3.05, 3.63) is 22.9 Å². The number of nitrogens with one attached hydrogen (secondary N) is 2. The topological polar surface area (TPSA) is 104 Å². The minimum Gasteiger partial charge on any atom is -0.459 e. The van der Waals surface area contributed by atoms with Gasteiger partial charge in [-0.1, -0.05) is 11.3 Å².